The Labute approximate surface area is 113 Å². The molecule has 2 N–H and O–H groups in total. The SMILES string of the molecule is O=S(=O)(CCc1ccccn1)NCC1CNCCO1. The van der Waals surface area contributed by atoms with Crippen molar-refractivity contribution in [3.63, 3.8) is 0 Å². The fraction of sp³-hybridized carbons (Fsp3) is 0.583. The summed E-state index contributed by atoms with van der Waals surface area (Å²) in [5, 5.41) is 3.16. The molecule has 6 nitrogen and oxygen atoms in total. The highest BCUT2D eigenvalue weighted by molar-refractivity contribution is 7.89. The Morgan fingerprint density at radius 3 is 3.05 bits per heavy atom. The van der Waals surface area contributed by atoms with Crippen molar-refractivity contribution in [2.45, 2.75) is 12.5 Å². The van der Waals surface area contributed by atoms with E-state index < -0.39 is 10.0 Å². The standard InChI is InChI=1S/C12H19N3O3S/c16-19(17,8-4-11-3-1-2-5-14-11)15-10-12-9-13-6-7-18-12/h1-3,5,12-13,15H,4,6-10H2. The Bertz CT molecular complexity index is 472. The van der Waals surface area contributed by atoms with Gasteiger partial charge in [0.15, 0.2) is 0 Å². The summed E-state index contributed by atoms with van der Waals surface area (Å²) in [6.45, 7) is 2.45. The minimum atomic E-state index is -3.28. The van der Waals surface area contributed by atoms with Gasteiger partial charge in [-0.1, -0.05) is 6.07 Å². The molecule has 1 saturated heterocycles. The molecule has 1 atom stereocenters. The number of aryl methyl sites for hydroxylation is 1. The molecule has 1 aliphatic heterocycles. The lowest BCUT2D eigenvalue weighted by molar-refractivity contribution is 0.0324. The molecule has 0 bridgehead atoms. The molecule has 2 rings (SSSR count). The molecular weight excluding hydrogens is 266 g/mol. The van der Waals surface area contributed by atoms with Crippen LogP contribution in [0.3, 0.4) is 0 Å². The topological polar surface area (TPSA) is 80.3 Å². The normalized spacial score (nSPS) is 20.3. The van der Waals surface area contributed by atoms with Gasteiger partial charge in [-0.25, -0.2) is 13.1 Å². The van der Waals surface area contributed by atoms with E-state index in [9.17, 15) is 8.42 Å². The summed E-state index contributed by atoms with van der Waals surface area (Å²) < 4.78 is 31.7. The number of aromatic nitrogens is 1. The van der Waals surface area contributed by atoms with Crippen molar-refractivity contribution < 1.29 is 13.2 Å². The number of hydrogen-bond donors (Lipinski definition) is 2. The zero-order valence-electron chi connectivity index (χ0n) is 10.7. The van der Waals surface area contributed by atoms with Crippen molar-refractivity contribution in [3.05, 3.63) is 30.1 Å². The molecule has 1 fully saturated rings. The monoisotopic (exact) mass is 285 g/mol. The molecule has 2 heterocycles. The maximum absolute atomic E-state index is 11.8. The predicted octanol–water partition coefficient (Wildman–Crippen LogP) is -0.468. The molecule has 0 saturated carbocycles. The van der Waals surface area contributed by atoms with Crippen molar-refractivity contribution in [2.75, 3.05) is 32.0 Å². The summed E-state index contributed by atoms with van der Waals surface area (Å²) in [4.78, 5) is 4.10. The molecule has 0 spiro atoms. The molecular formula is C12H19N3O3S. The van der Waals surface area contributed by atoms with E-state index in [0.29, 0.717) is 26.1 Å². The number of morpholine rings is 1. The quantitative estimate of drug-likeness (QED) is 0.739. The van der Waals surface area contributed by atoms with Crippen LogP contribution < -0.4 is 10.0 Å². The molecule has 0 aliphatic carbocycles. The zero-order chi connectivity index (χ0) is 13.6. The van der Waals surface area contributed by atoms with E-state index in [0.717, 1.165) is 12.2 Å². The van der Waals surface area contributed by atoms with Crippen LogP contribution in [0.25, 0.3) is 0 Å². The molecule has 0 aromatic carbocycles. The average Bonchev–Trinajstić information content (AvgIpc) is 2.46. The number of pyridine rings is 1. The number of nitrogens with one attached hydrogen (secondary N) is 2. The summed E-state index contributed by atoms with van der Waals surface area (Å²) in [6.07, 6.45) is 2.00. The summed E-state index contributed by atoms with van der Waals surface area (Å²) >= 11 is 0. The van der Waals surface area contributed by atoms with Crippen LogP contribution in [-0.4, -0.2) is 51.5 Å². The van der Waals surface area contributed by atoms with E-state index in [2.05, 4.69) is 15.0 Å². The second-order valence-electron chi connectivity index (χ2n) is 4.44. The van der Waals surface area contributed by atoms with Crippen molar-refractivity contribution in [3.8, 4) is 0 Å². The van der Waals surface area contributed by atoms with Crippen LogP contribution >= 0.6 is 0 Å². The first kappa shape index (κ1) is 14.4. The van der Waals surface area contributed by atoms with E-state index in [1.807, 2.05) is 18.2 Å². The lowest BCUT2D eigenvalue weighted by atomic mass is 10.3. The van der Waals surface area contributed by atoms with Crippen LogP contribution in [0.5, 0.6) is 0 Å². The molecule has 7 heteroatoms. The fourth-order valence-electron chi connectivity index (χ4n) is 1.83. The summed E-state index contributed by atoms with van der Waals surface area (Å²) in [5.41, 5.74) is 0.781. The molecule has 1 unspecified atom stereocenters. The van der Waals surface area contributed by atoms with Crippen LogP contribution in [0.1, 0.15) is 5.69 Å². The van der Waals surface area contributed by atoms with Gasteiger partial charge in [0.2, 0.25) is 10.0 Å². The second kappa shape index (κ2) is 6.95. The van der Waals surface area contributed by atoms with Crippen LogP contribution in [0.15, 0.2) is 24.4 Å². The number of sulfonamides is 1. The molecule has 0 amide bonds. The largest absolute Gasteiger partial charge is 0.374 e. The van der Waals surface area contributed by atoms with Gasteiger partial charge < -0.3 is 10.1 Å². The van der Waals surface area contributed by atoms with Gasteiger partial charge in [0.25, 0.3) is 0 Å². The van der Waals surface area contributed by atoms with Crippen molar-refractivity contribution in [1.29, 1.82) is 0 Å². The van der Waals surface area contributed by atoms with E-state index in [1.165, 1.54) is 0 Å². The minimum absolute atomic E-state index is 0.0458. The molecule has 106 valence electrons. The number of hydrogen-bond acceptors (Lipinski definition) is 5. The lowest BCUT2D eigenvalue weighted by Gasteiger charge is -2.23. The number of rotatable bonds is 6. The Kier molecular flexibility index (Phi) is 5.26. The smallest absolute Gasteiger partial charge is 0.212 e. The van der Waals surface area contributed by atoms with E-state index >= 15 is 0 Å². The van der Waals surface area contributed by atoms with Gasteiger partial charge in [0, 0.05) is 37.9 Å². The van der Waals surface area contributed by atoms with Crippen LogP contribution in [0.2, 0.25) is 0 Å². The first-order valence-corrected chi connectivity index (χ1v) is 8.00. The summed E-state index contributed by atoms with van der Waals surface area (Å²) in [5.74, 6) is 0.0458. The maximum Gasteiger partial charge on any atom is 0.212 e. The third-order valence-electron chi connectivity index (χ3n) is 2.89. The van der Waals surface area contributed by atoms with Gasteiger partial charge in [-0.05, 0) is 12.1 Å². The minimum Gasteiger partial charge on any atom is -0.374 e. The Morgan fingerprint density at radius 2 is 2.37 bits per heavy atom. The highest BCUT2D eigenvalue weighted by Crippen LogP contribution is 1.99. The summed E-state index contributed by atoms with van der Waals surface area (Å²) in [6, 6.07) is 5.48. The lowest BCUT2D eigenvalue weighted by Crippen LogP contribution is -2.45. The highest BCUT2D eigenvalue weighted by atomic mass is 32.2. The van der Waals surface area contributed by atoms with Crippen LogP contribution in [0, 0.1) is 0 Å². The van der Waals surface area contributed by atoms with Gasteiger partial charge >= 0.3 is 0 Å². The molecule has 1 aromatic heterocycles. The molecule has 1 aromatic rings. The predicted molar refractivity (Wildman–Crippen MR) is 72.3 cm³/mol. The first-order chi connectivity index (χ1) is 9.16. The van der Waals surface area contributed by atoms with Crippen molar-refractivity contribution in [2.24, 2.45) is 0 Å². The van der Waals surface area contributed by atoms with Crippen molar-refractivity contribution in [1.82, 2.24) is 15.0 Å². The van der Waals surface area contributed by atoms with E-state index in [4.69, 9.17) is 4.74 Å². The summed E-state index contributed by atoms with van der Waals surface area (Å²) in [7, 11) is -3.28. The third kappa shape index (κ3) is 5.23. The second-order valence-corrected chi connectivity index (χ2v) is 6.36. The Morgan fingerprint density at radius 1 is 1.47 bits per heavy atom. The van der Waals surface area contributed by atoms with E-state index in [-0.39, 0.29) is 11.9 Å². The molecule has 1 aliphatic rings. The fourth-order valence-corrected chi connectivity index (χ4v) is 2.89. The maximum atomic E-state index is 11.8. The van der Waals surface area contributed by atoms with Gasteiger partial charge in [0.05, 0.1) is 18.5 Å². The van der Waals surface area contributed by atoms with Gasteiger partial charge in [-0.3, -0.25) is 4.98 Å². The number of ether oxygens (including phenoxy) is 1. The Balaban J connectivity index is 1.75. The number of nitrogens with zero attached hydrogens (tertiary/aromatic N) is 1. The Hall–Kier alpha value is -1.02. The van der Waals surface area contributed by atoms with Gasteiger partial charge in [0.1, 0.15) is 0 Å². The van der Waals surface area contributed by atoms with Gasteiger partial charge in [-0.2, -0.15) is 0 Å². The van der Waals surface area contributed by atoms with Crippen molar-refractivity contribution >= 4 is 10.0 Å². The first-order valence-electron chi connectivity index (χ1n) is 6.35. The zero-order valence-corrected chi connectivity index (χ0v) is 11.5. The third-order valence-corrected chi connectivity index (χ3v) is 4.24. The highest BCUT2D eigenvalue weighted by Gasteiger charge is 2.17. The molecule has 0 radical (unpaired) electrons. The average molecular weight is 285 g/mol. The van der Waals surface area contributed by atoms with Crippen LogP contribution in [-0.2, 0) is 21.2 Å². The van der Waals surface area contributed by atoms with Crippen LogP contribution in [0.4, 0.5) is 0 Å². The van der Waals surface area contributed by atoms with E-state index in [1.54, 1.807) is 6.20 Å². The van der Waals surface area contributed by atoms with Gasteiger partial charge in [-0.15, -0.1) is 0 Å². The molecule has 19 heavy (non-hydrogen) atoms.